The first-order valence-electron chi connectivity index (χ1n) is 3.56. The number of esters is 1. The summed E-state index contributed by atoms with van der Waals surface area (Å²) < 4.78 is 9.19. The van der Waals surface area contributed by atoms with E-state index in [0.717, 1.165) is 0 Å². The summed E-state index contributed by atoms with van der Waals surface area (Å²) in [5.74, 6) is -0.279. The van der Waals surface area contributed by atoms with Crippen LogP contribution >= 0.6 is 0 Å². The molecule has 0 saturated carbocycles. The Kier molecular flexibility index (Phi) is 3.03. The Balaban J connectivity index is 2.78. The van der Waals surface area contributed by atoms with Crippen LogP contribution in [0.1, 0.15) is 16.1 Å². The molecule has 4 nitrogen and oxygen atoms in total. The van der Waals surface area contributed by atoms with Crippen molar-refractivity contribution in [2.75, 3.05) is 7.11 Å². The first-order chi connectivity index (χ1) is 6.27. The van der Waals surface area contributed by atoms with Gasteiger partial charge in [-0.2, -0.15) is 0 Å². The lowest BCUT2D eigenvalue weighted by Crippen LogP contribution is -1.93. The van der Waals surface area contributed by atoms with E-state index in [4.69, 9.17) is 4.42 Å². The predicted octanol–water partition coefficient (Wildman–Crippen LogP) is 1.28. The van der Waals surface area contributed by atoms with Gasteiger partial charge in [-0.1, -0.05) is 0 Å². The average molecular weight is 180 g/mol. The second kappa shape index (κ2) is 4.25. The second-order valence-electron chi connectivity index (χ2n) is 2.21. The fourth-order valence-corrected chi connectivity index (χ4v) is 0.790. The van der Waals surface area contributed by atoms with Gasteiger partial charge in [0.15, 0.2) is 12.0 Å². The maximum Gasteiger partial charge on any atom is 0.330 e. The zero-order valence-corrected chi connectivity index (χ0v) is 7.02. The quantitative estimate of drug-likeness (QED) is 0.399. The highest BCUT2D eigenvalue weighted by molar-refractivity contribution is 5.89. The van der Waals surface area contributed by atoms with E-state index >= 15 is 0 Å². The number of furan rings is 1. The summed E-state index contributed by atoms with van der Waals surface area (Å²) in [6, 6.07) is 1.59. The Bertz CT molecular complexity index is 335. The molecule has 1 rings (SSSR count). The molecular weight excluding hydrogens is 172 g/mol. The molecule has 0 aliphatic carbocycles. The SMILES string of the molecule is COC(=O)C=Cc1ccoc1C=O. The van der Waals surface area contributed by atoms with Gasteiger partial charge in [0.05, 0.1) is 13.4 Å². The summed E-state index contributed by atoms with van der Waals surface area (Å²) >= 11 is 0. The molecule has 0 aromatic carbocycles. The molecule has 1 aromatic heterocycles. The van der Waals surface area contributed by atoms with Crippen LogP contribution in [0.2, 0.25) is 0 Å². The van der Waals surface area contributed by atoms with E-state index in [1.54, 1.807) is 6.07 Å². The van der Waals surface area contributed by atoms with Gasteiger partial charge >= 0.3 is 5.97 Å². The minimum absolute atomic E-state index is 0.195. The van der Waals surface area contributed by atoms with Crippen molar-refractivity contribution >= 4 is 18.3 Å². The Hall–Kier alpha value is -1.84. The van der Waals surface area contributed by atoms with Gasteiger partial charge in [-0.3, -0.25) is 4.79 Å². The Morgan fingerprint density at radius 2 is 2.38 bits per heavy atom. The lowest BCUT2D eigenvalue weighted by atomic mass is 10.2. The van der Waals surface area contributed by atoms with Crippen LogP contribution < -0.4 is 0 Å². The van der Waals surface area contributed by atoms with E-state index in [2.05, 4.69) is 4.74 Å². The molecule has 0 N–H and O–H groups in total. The average Bonchev–Trinajstić information content (AvgIpc) is 2.61. The van der Waals surface area contributed by atoms with Crippen LogP contribution in [0.15, 0.2) is 22.8 Å². The van der Waals surface area contributed by atoms with Crippen LogP contribution in [0.5, 0.6) is 0 Å². The van der Waals surface area contributed by atoms with Crippen molar-refractivity contribution < 1.29 is 18.7 Å². The fraction of sp³-hybridized carbons (Fsp3) is 0.111. The number of ether oxygens (including phenoxy) is 1. The summed E-state index contributed by atoms with van der Waals surface area (Å²) in [5.41, 5.74) is 0.556. The number of hydrogen-bond acceptors (Lipinski definition) is 4. The van der Waals surface area contributed by atoms with Crippen molar-refractivity contribution in [3.8, 4) is 0 Å². The van der Waals surface area contributed by atoms with Crippen molar-refractivity contribution in [1.82, 2.24) is 0 Å². The van der Waals surface area contributed by atoms with Crippen LogP contribution in [0.3, 0.4) is 0 Å². The molecule has 0 aliphatic heterocycles. The predicted molar refractivity (Wildman–Crippen MR) is 45.1 cm³/mol. The van der Waals surface area contributed by atoms with Crippen LogP contribution in [0.25, 0.3) is 6.08 Å². The summed E-state index contributed by atoms with van der Waals surface area (Å²) in [7, 11) is 1.28. The van der Waals surface area contributed by atoms with Crippen molar-refractivity contribution in [2.45, 2.75) is 0 Å². The van der Waals surface area contributed by atoms with Gasteiger partial charge in [0.2, 0.25) is 0 Å². The van der Waals surface area contributed by atoms with Gasteiger partial charge < -0.3 is 9.15 Å². The number of rotatable bonds is 3. The van der Waals surface area contributed by atoms with Gasteiger partial charge in [-0.15, -0.1) is 0 Å². The molecule has 68 valence electrons. The van der Waals surface area contributed by atoms with Gasteiger partial charge in [-0.05, 0) is 12.1 Å². The normalized spacial score (nSPS) is 10.2. The van der Waals surface area contributed by atoms with Crippen LogP contribution in [-0.2, 0) is 9.53 Å². The lowest BCUT2D eigenvalue weighted by molar-refractivity contribution is -0.134. The lowest BCUT2D eigenvalue weighted by Gasteiger charge is -1.89. The summed E-state index contributed by atoms with van der Waals surface area (Å²) in [5, 5.41) is 0. The third-order valence-electron chi connectivity index (χ3n) is 1.43. The third kappa shape index (κ3) is 2.30. The molecule has 0 bridgehead atoms. The smallest absolute Gasteiger partial charge is 0.330 e. The largest absolute Gasteiger partial charge is 0.466 e. The maximum atomic E-state index is 10.7. The molecule has 0 unspecified atom stereocenters. The standard InChI is InChI=1S/C9H8O4/c1-12-9(11)3-2-7-4-5-13-8(7)6-10/h2-6H,1H3. The van der Waals surface area contributed by atoms with Crippen molar-refractivity contribution in [3.05, 3.63) is 29.7 Å². The second-order valence-corrected chi connectivity index (χ2v) is 2.21. The van der Waals surface area contributed by atoms with Crippen molar-refractivity contribution in [3.63, 3.8) is 0 Å². The number of carbonyl (C=O) groups is 2. The zero-order chi connectivity index (χ0) is 9.68. The molecule has 0 amide bonds. The minimum atomic E-state index is -0.474. The highest BCUT2D eigenvalue weighted by Gasteiger charge is 2.01. The van der Waals surface area contributed by atoms with E-state index in [0.29, 0.717) is 11.8 Å². The van der Waals surface area contributed by atoms with E-state index in [-0.39, 0.29) is 5.76 Å². The molecule has 0 aliphatic rings. The van der Waals surface area contributed by atoms with Gasteiger partial charge in [0, 0.05) is 11.6 Å². The Labute approximate surface area is 74.8 Å². The molecule has 13 heavy (non-hydrogen) atoms. The number of hydrogen-bond donors (Lipinski definition) is 0. The van der Waals surface area contributed by atoms with Crippen LogP contribution in [-0.4, -0.2) is 19.4 Å². The summed E-state index contributed by atoms with van der Waals surface area (Å²) in [4.78, 5) is 21.0. The first-order valence-corrected chi connectivity index (χ1v) is 3.56. The first kappa shape index (κ1) is 9.25. The molecule has 1 heterocycles. The fourth-order valence-electron chi connectivity index (χ4n) is 0.790. The van der Waals surface area contributed by atoms with Crippen LogP contribution in [0.4, 0.5) is 0 Å². The molecule has 4 heteroatoms. The molecule has 1 aromatic rings. The zero-order valence-electron chi connectivity index (χ0n) is 7.02. The molecule has 0 radical (unpaired) electrons. The van der Waals surface area contributed by atoms with Gasteiger partial charge in [0.25, 0.3) is 0 Å². The Morgan fingerprint density at radius 1 is 1.62 bits per heavy atom. The minimum Gasteiger partial charge on any atom is -0.466 e. The highest BCUT2D eigenvalue weighted by Crippen LogP contribution is 2.09. The molecule has 0 atom stereocenters. The monoisotopic (exact) mass is 180 g/mol. The van der Waals surface area contributed by atoms with Crippen LogP contribution in [0, 0.1) is 0 Å². The third-order valence-corrected chi connectivity index (χ3v) is 1.43. The highest BCUT2D eigenvalue weighted by atomic mass is 16.5. The Morgan fingerprint density at radius 3 is 3.00 bits per heavy atom. The van der Waals surface area contributed by atoms with Crippen molar-refractivity contribution in [2.24, 2.45) is 0 Å². The molecule has 0 saturated heterocycles. The number of methoxy groups -OCH3 is 1. The van der Waals surface area contributed by atoms with Gasteiger partial charge in [-0.25, -0.2) is 4.79 Å². The molecule has 0 fully saturated rings. The van der Waals surface area contributed by atoms with Gasteiger partial charge in [0.1, 0.15) is 0 Å². The van der Waals surface area contributed by atoms with E-state index in [1.165, 1.54) is 25.5 Å². The van der Waals surface area contributed by atoms with Crippen molar-refractivity contribution in [1.29, 1.82) is 0 Å². The van der Waals surface area contributed by atoms with E-state index in [1.807, 2.05) is 0 Å². The number of carbonyl (C=O) groups excluding carboxylic acids is 2. The summed E-state index contributed by atoms with van der Waals surface area (Å²) in [6.45, 7) is 0. The number of aldehydes is 1. The topological polar surface area (TPSA) is 56.5 Å². The maximum absolute atomic E-state index is 10.7. The summed E-state index contributed by atoms with van der Waals surface area (Å²) in [6.07, 6.45) is 4.63. The molecule has 0 spiro atoms. The van der Waals surface area contributed by atoms with E-state index < -0.39 is 5.97 Å². The van der Waals surface area contributed by atoms with E-state index in [9.17, 15) is 9.59 Å². The molecular formula is C9H8O4.